The molecule has 2 aliphatic rings. The SMILES string of the molecule is COCc1nc(N2CCCC2)sc1CNC1CCCC1. The Morgan fingerprint density at radius 3 is 2.70 bits per heavy atom. The Kier molecular flexibility index (Phi) is 4.91. The van der Waals surface area contributed by atoms with Crippen LogP contribution in [0.3, 0.4) is 0 Å². The number of aromatic nitrogens is 1. The van der Waals surface area contributed by atoms with Crippen LogP contribution in [0.5, 0.6) is 0 Å². The number of hydrogen-bond donors (Lipinski definition) is 1. The Labute approximate surface area is 125 Å². The summed E-state index contributed by atoms with van der Waals surface area (Å²) in [6, 6.07) is 0.711. The van der Waals surface area contributed by atoms with Crippen molar-refractivity contribution in [2.75, 3.05) is 25.1 Å². The van der Waals surface area contributed by atoms with Gasteiger partial charge in [-0.1, -0.05) is 12.8 Å². The highest BCUT2D eigenvalue weighted by Gasteiger charge is 2.20. The molecule has 0 radical (unpaired) electrons. The van der Waals surface area contributed by atoms with E-state index in [1.807, 2.05) is 11.3 Å². The van der Waals surface area contributed by atoms with Crippen LogP contribution in [0.4, 0.5) is 5.13 Å². The first-order valence-corrected chi connectivity index (χ1v) is 8.64. The minimum Gasteiger partial charge on any atom is -0.378 e. The lowest BCUT2D eigenvalue weighted by atomic mass is 10.2. The number of anilines is 1. The van der Waals surface area contributed by atoms with E-state index in [1.165, 1.54) is 48.5 Å². The molecule has 112 valence electrons. The van der Waals surface area contributed by atoms with E-state index in [4.69, 9.17) is 9.72 Å². The molecule has 5 heteroatoms. The number of nitrogens with zero attached hydrogens (tertiary/aromatic N) is 2. The van der Waals surface area contributed by atoms with Gasteiger partial charge in [-0.05, 0) is 25.7 Å². The number of ether oxygens (including phenoxy) is 1. The molecule has 0 amide bonds. The van der Waals surface area contributed by atoms with Gasteiger partial charge in [-0.25, -0.2) is 4.98 Å². The molecule has 1 aliphatic heterocycles. The van der Waals surface area contributed by atoms with Crippen molar-refractivity contribution in [1.29, 1.82) is 0 Å². The smallest absolute Gasteiger partial charge is 0.185 e. The average molecular weight is 295 g/mol. The van der Waals surface area contributed by atoms with Crippen LogP contribution >= 0.6 is 11.3 Å². The molecular formula is C15H25N3OS. The summed E-state index contributed by atoms with van der Waals surface area (Å²) < 4.78 is 5.31. The van der Waals surface area contributed by atoms with E-state index in [2.05, 4.69) is 10.2 Å². The largest absolute Gasteiger partial charge is 0.378 e. The van der Waals surface area contributed by atoms with E-state index in [-0.39, 0.29) is 0 Å². The minimum absolute atomic E-state index is 0.631. The fourth-order valence-corrected chi connectivity index (χ4v) is 4.23. The maximum Gasteiger partial charge on any atom is 0.185 e. The molecule has 1 saturated heterocycles. The van der Waals surface area contributed by atoms with Gasteiger partial charge in [0.15, 0.2) is 5.13 Å². The van der Waals surface area contributed by atoms with E-state index in [9.17, 15) is 0 Å². The van der Waals surface area contributed by atoms with Crippen LogP contribution in [-0.4, -0.2) is 31.2 Å². The molecule has 1 saturated carbocycles. The van der Waals surface area contributed by atoms with Gasteiger partial charge in [-0.3, -0.25) is 0 Å². The van der Waals surface area contributed by atoms with Gasteiger partial charge in [-0.15, -0.1) is 11.3 Å². The van der Waals surface area contributed by atoms with Crippen molar-refractivity contribution in [3.63, 3.8) is 0 Å². The fourth-order valence-electron chi connectivity index (χ4n) is 3.17. The van der Waals surface area contributed by atoms with Crippen LogP contribution in [0.2, 0.25) is 0 Å². The standard InChI is InChI=1S/C15H25N3OS/c1-19-11-13-14(10-16-12-6-2-3-7-12)20-15(17-13)18-8-4-5-9-18/h12,16H,2-11H2,1H3. The average Bonchev–Trinajstić information content (AvgIpc) is 3.19. The van der Waals surface area contributed by atoms with Crippen molar-refractivity contribution >= 4 is 16.5 Å². The summed E-state index contributed by atoms with van der Waals surface area (Å²) in [6.07, 6.45) is 8.02. The first-order valence-electron chi connectivity index (χ1n) is 7.82. The third kappa shape index (κ3) is 3.32. The summed E-state index contributed by atoms with van der Waals surface area (Å²) in [5, 5.41) is 4.89. The molecular weight excluding hydrogens is 270 g/mol. The summed E-state index contributed by atoms with van der Waals surface area (Å²) >= 11 is 1.85. The molecule has 0 atom stereocenters. The van der Waals surface area contributed by atoms with Crippen LogP contribution in [-0.2, 0) is 17.9 Å². The quantitative estimate of drug-likeness (QED) is 0.875. The van der Waals surface area contributed by atoms with Gasteiger partial charge in [-0.2, -0.15) is 0 Å². The van der Waals surface area contributed by atoms with Crippen LogP contribution < -0.4 is 10.2 Å². The van der Waals surface area contributed by atoms with Crippen molar-refractivity contribution in [3.8, 4) is 0 Å². The number of rotatable bonds is 6. The van der Waals surface area contributed by atoms with Crippen molar-refractivity contribution in [1.82, 2.24) is 10.3 Å². The van der Waals surface area contributed by atoms with Gasteiger partial charge in [0.1, 0.15) is 0 Å². The van der Waals surface area contributed by atoms with Gasteiger partial charge in [0.05, 0.1) is 12.3 Å². The van der Waals surface area contributed by atoms with Crippen molar-refractivity contribution in [2.24, 2.45) is 0 Å². The lowest BCUT2D eigenvalue weighted by Crippen LogP contribution is -2.25. The van der Waals surface area contributed by atoms with E-state index in [0.29, 0.717) is 12.6 Å². The molecule has 20 heavy (non-hydrogen) atoms. The predicted molar refractivity (Wildman–Crippen MR) is 83.4 cm³/mol. The first-order chi connectivity index (χ1) is 9.86. The highest BCUT2D eigenvalue weighted by molar-refractivity contribution is 7.15. The highest BCUT2D eigenvalue weighted by atomic mass is 32.1. The minimum atomic E-state index is 0.631. The van der Waals surface area contributed by atoms with E-state index in [0.717, 1.165) is 25.3 Å². The molecule has 2 fully saturated rings. The third-order valence-electron chi connectivity index (χ3n) is 4.33. The molecule has 4 nitrogen and oxygen atoms in total. The molecule has 0 aromatic carbocycles. The van der Waals surface area contributed by atoms with E-state index < -0.39 is 0 Å². The summed E-state index contributed by atoms with van der Waals surface area (Å²) in [5.74, 6) is 0. The Hall–Kier alpha value is -0.650. The maximum atomic E-state index is 5.31. The van der Waals surface area contributed by atoms with E-state index in [1.54, 1.807) is 7.11 Å². The molecule has 0 spiro atoms. The van der Waals surface area contributed by atoms with Gasteiger partial charge in [0.25, 0.3) is 0 Å². The predicted octanol–water partition coefficient (Wildman–Crippen LogP) is 2.92. The summed E-state index contributed by atoms with van der Waals surface area (Å²) in [7, 11) is 1.75. The monoisotopic (exact) mass is 295 g/mol. The molecule has 1 aliphatic carbocycles. The van der Waals surface area contributed by atoms with Crippen LogP contribution in [0.1, 0.15) is 49.1 Å². The second kappa shape index (κ2) is 6.87. The molecule has 1 aromatic rings. The number of hydrogen-bond acceptors (Lipinski definition) is 5. The molecule has 1 aromatic heterocycles. The molecule has 3 rings (SSSR count). The molecule has 0 bridgehead atoms. The molecule has 1 N–H and O–H groups in total. The van der Waals surface area contributed by atoms with Gasteiger partial charge >= 0.3 is 0 Å². The lowest BCUT2D eigenvalue weighted by Gasteiger charge is -2.12. The van der Waals surface area contributed by atoms with Crippen LogP contribution in [0.15, 0.2) is 0 Å². The number of methoxy groups -OCH3 is 1. The fraction of sp³-hybridized carbons (Fsp3) is 0.800. The molecule has 0 unspecified atom stereocenters. The zero-order chi connectivity index (χ0) is 13.8. The maximum absolute atomic E-state index is 5.31. The number of thiazole rings is 1. The topological polar surface area (TPSA) is 37.4 Å². The summed E-state index contributed by atoms with van der Waals surface area (Å²) in [6.45, 7) is 3.91. The second-order valence-corrected chi connectivity index (χ2v) is 6.92. The summed E-state index contributed by atoms with van der Waals surface area (Å²) in [4.78, 5) is 8.59. The zero-order valence-electron chi connectivity index (χ0n) is 12.4. The van der Waals surface area contributed by atoms with Crippen molar-refractivity contribution in [2.45, 2.75) is 57.7 Å². The normalized spacial score (nSPS) is 20.1. The molecule has 2 heterocycles. The van der Waals surface area contributed by atoms with Crippen LogP contribution in [0, 0.1) is 0 Å². The van der Waals surface area contributed by atoms with Gasteiger partial charge in [0.2, 0.25) is 0 Å². The Bertz CT molecular complexity index is 423. The third-order valence-corrected chi connectivity index (χ3v) is 5.49. The first kappa shape index (κ1) is 14.3. The highest BCUT2D eigenvalue weighted by Crippen LogP contribution is 2.30. The Morgan fingerprint density at radius 1 is 1.25 bits per heavy atom. The van der Waals surface area contributed by atoms with Crippen LogP contribution in [0.25, 0.3) is 0 Å². The van der Waals surface area contributed by atoms with Crippen molar-refractivity contribution < 1.29 is 4.74 Å². The lowest BCUT2D eigenvalue weighted by molar-refractivity contribution is 0.181. The van der Waals surface area contributed by atoms with Crippen molar-refractivity contribution in [3.05, 3.63) is 10.6 Å². The van der Waals surface area contributed by atoms with E-state index >= 15 is 0 Å². The Morgan fingerprint density at radius 2 is 2.00 bits per heavy atom. The van der Waals surface area contributed by atoms with Gasteiger partial charge < -0.3 is 15.0 Å². The number of nitrogens with one attached hydrogen (secondary N) is 1. The van der Waals surface area contributed by atoms with Gasteiger partial charge in [0, 0.05) is 37.7 Å². The Balaban J connectivity index is 1.66. The zero-order valence-corrected chi connectivity index (χ0v) is 13.2. The summed E-state index contributed by atoms with van der Waals surface area (Å²) in [5.41, 5.74) is 1.13. The second-order valence-electron chi connectivity index (χ2n) is 5.86.